The Morgan fingerprint density at radius 1 is 0.735 bits per heavy atom. The lowest BCUT2D eigenvalue weighted by atomic mass is 10.1. The van der Waals surface area contributed by atoms with Crippen LogP contribution in [0, 0.1) is 13.8 Å². The van der Waals surface area contributed by atoms with Crippen LogP contribution in [-0.2, 0) is 37.3 Å². The lowest BCUT2D eigenvalue weighted by molar-refractivity contribution is 0.0975. The molecule has 19 nitrogen and oxygen atoms in total. The number of carbonyl (C=O) groups is 3. The molecule has 1 aliphatic heterocycles. The SMILES string of the molecule is CCn1nc(C)cc1C(=O)Cc1nc2cc(C(N)=O)cc(OCCCN3CCN(C)CC3)c2n1C/C=C/Cn1c2nc(-c3cc(C)nn3CC)ncc2c2cc(C(N)=O)cc(OCCCOC)c21. The summed E-state index contributed by atoms with van der Waals surface area (Å²) in [6, 6.07) is 10.5. The predicted octanol–water partition coefficient (Wildman–Crippen LogP) is 4.96. The van der Waals surface area contributed by atoms with Crippen LogP contribution >= 0.6 is 0 Å². The number of hydrogen-bond donors (Lipinski definition) is 2. The number of rotatable bonds is 22. The van der Waals surface area contributed by atoms with E-state index in [2.05, 4.69) is 27.0 Å². The molecule has 1 aliphatic rings. The molecule has 0 bridgehead atoms. The molecule has 0 spiro atoms. The Labute approximate surface area is 394 Å². The zero-order valence-electron chi connectivity index (χ0n) is 39.8. The van der Waals surface area contributed by atoms with Crippen LogP contribution < -0.4 is 20.9 Å². The number of nitrogens with two attached hydrogens (primary N) is 2. The minimum absolute atomic E-state index is 0.0330. The van der Waals surface area contributed by atoms with E-state index in [4.69, 9.17) is 40.6 Å². The topological polar surface area (TPSA) is 222 Å². The van der Waals surface area contributed by atoms with Gasteiger partial charge in [-0.25, -0.2) is 15.0 Å². The number of methoxy groups -OCH3 is 1. The van der Waals surface area contributed by atoms with Crippen molar-refractivity contribution in [3.8, 4) is 23.0 Å². The Kier molecular flexibility index (Phi) is 14.6. The standard InChI is InChI=1S/C49H61N13O6/c1-7-61-38(23-31(3)55-61)40(63)29-43-53-37-26-34(47(51)65)28-42(67-21-11-13-58-18-16-57(5)17-19-58)45(37)59(43)14-9-10-15-60-44-35(25-33(46(50)64)27-41(44)68-22-12-20-66-6)36-30-52-48(54-49(36)60)39-24-32(4)56-62(39)8-2/h9-10,23-28,30H,7-8,11-22,29H2,1-6H3,(H2,50,64)(H2,51,65)/b10-9+. The molecule has 0 radical (unpaired) electrons. The molecule has 0 saturated carbocycles. The summed E-state index contributed by atoms with van der Waals surface area (Å²) in [5.41, 5.74) is 17.6. The Balaban J connectivity index is 1.20. The molecule has 5 aromatic heterocycles. The van der Waals surface area contributed by atoms with E-state index < -0.39 is 11.8 Å². The van der Waals surface area contributed by atoms with E-state index in [0.717, 1.165) is 56.2 Å². The number of likely N-dealkylation sites (N-methyl/N-ethyl adjacent to an activating group) is 1. The highest BCUT2D eigenvalue weighted by atomic mass is 16.5. The van der Waals surface area contributed by atoms with Gasteiger partial charge >= 0.3 is 0 Å². The summed E-state index contributed by atoms with van der Waals surface area (Å²) in [5, 5.41) is 10.6. The number of fused-ring (bicyclic) bond motifs is 4. The van der Waals surface area contributed by atoms with Crippen molar-refractivity contribution in [1.82, 2.24) is 53.4 Å². The van der Waals surface area contributed by atoms with Gasteiger partial charge in [0.15, 0.2) is 11.6 Å². The van der Waals surface area contributed by atoms with Crippen LogP contribution in [0.15, 0.2) is 54.7 Å². The molecule has 68 heavy (non-hydrogen) atoms. The van der Waals surface area contributed by atoms with E-state index in [0.29, 0.717) is 113 Å². The molecule has 358 valence electrons. The fraction of sp³-hybridized carbons (Fsp3) is 0.429. The summed E-state index contributed by atoms with van der Waals surface area (Å²) < 4.78 is 25.7. The lowest BCUT2D eigenvalue weighted by Gasteiger charge is -2.32. The second-order valence-electron chi connectivity index (χ2n) is 17.2. The second-order valence-corrected chi connectivity index (χ2v) is 17.2. The van der Waals surface area contributed by atoms with Crippen LogP contribution in [0.2, 0.25) is 0 Å². The summed E-state index contributed by atoms with van der Waals surface area (Å²) in [5.74, 6) is 0.563. The third-order valence-corrected chi connectivity index (χ3v) is 12.3. The van der Waals surface area contributed by atoms with E-state index in [1.54, 1.807) is 48.3 Å². The minimum Gasteiger partial charge on any atom is -0.491 e. The maximum atomic E-state index is 14.1. The lowest BCUT2D eigenvalue weighted by Crippen LogP contribution is -2.44. The van der Waals surface area contributed by atoms with Gasteiger partial charge in [-0.05, 0) is 77.6 Å². The molecule has 1 fully saturated rings. The highest BCUT2D eigenvalue weighted by Gasteiger charge is 2.24. The van der Waals surface area contributed by atoms with Gasteiger partial charge in [-0.2, -0.15) is 10.2 Å². The van der Waals surface area contributed by atoms with Gasteiger partial charge in [-0.3, -0.25) is 23.7 Å². The number of piperazine rings is 1. The zero-order valence-corrected chi connectivity index (χ0v) is 39.8. The second kappa shape index (κ2) is 20.9. The number of carbonyl (C=O) groups excluding carboxylic acids is 3. The number of ether oxygens (including phenoxy) is 3. The summed E-state index contributed by atoms with van der Waals surface area (Å²) in [6.07, 6.45) is 7.14. The number of amides is 2. The number of imidazole rings is 1. The van der Waals surface area contributed by atoms with Crippen molar-refractivity contribution in [2.24, 2.45) is 11.5 Å². The average Bonchev–Trinajstić information content (AvgIpc) is 4.09. The Bertz CT molecular complexity index is 3010. The van der Waals surface area contributed by atoms with Gasteiger partial charge in [0.25, 0.3) is 0 Å². The summed E-state index contributed by atoms with van der Waals surface area (Å²) >= 11 is 0. The quantitative estimate of drug-likeness (QED) is 0.0522. The van der Waals surface area contributed by atoms with E-state index >= 15 is 0 Å². The van der Waals surface area contributed by atoms with Gasteiger partial charge < -0.3 is 44.6 Å². The number of allylic oxidation sites excluding steroid dienone is 2. The summed E-state index contributed by atoms with van der Waals surface area (Å²) in [6.45, 7) is 15.7. The molecular formula is C49H61N13O6. The number of Topliss-reactive ketones (excluding diaryl/α,β-unsaturated/α-hetero) is 1. The molecule has 0 unspecified atom stereocenters. The first-order valence-corrected chi connectivity index (χ1v) is 23.3. The average molecular weight is 928 g/mol. The van der Waals surface area contributed by atoms with Crippen LogP contribution in [0.1, 0.15) is 75.1 Å². The maximum Gasteiger partial charge on any atom is 0.248 e. The summed E-state index contributed by atoms with van der Waals surface area (Å²) in [4.78, 5) is 59.1. The van der Waals surface area contributed by atoms with Crippen LogP contribution in [0.4, 0.5) is 0 Å². The van der Waals surface area contributed by atoms with Gasteiger partial charge in [0, 0.05) is 107 Å². The minimum atomic E-state index is -0.610. The maximum absolute atomic E-state index is 14.1. The Morgan fingerprint density at radius 3 is 2.07 bits per heavy atom. The Hall–Kier alpha value is -6.96. The number of hydrogen-bond acceptors (Lipinski definition) is 13. The van der Waals surface area contributed by atoms with Gasteiger partial charge in [0.2, 0.25) is 11.8 Å². The highest BCUT2D eigenvalue weighted by molar-refractivity contribution is 6.12. The molecule has 8 rings (SSSR count). The van der Waals surface area contributed by atoms with E-state index in [-0.39, 0.29) is 24.3 Å². The molecule has 19 heteroatoms. The summed E-state index contributed by atoms with van der Waals surface area (Å²) in [7, 11) is 3.77. The van der Waals surface area contributed by atoms with Crippen LogP contribution in [0.3, 0.4) is 0 Å². The smallest absolute Gasteiger partial charge is 0.248 e. The molecule has 1 saturated heterocycles. The molecule has 2 amide bonds. The normalized spacial score (nSPS) is 13.7. The van der Waals surface area contributed by atoms with E-state index in [1.807, 2.05) is 59.7 Å². The van der Waals surface area contributed by atoms with Crippen molar-refractivity contribution >= 4 is 50.6 Å². The van der Waals surface area contributed by atoms with Crippen molar-refractivity contribution in [3.63, 3.8) is 0 Å². The van der Waals surface area contributed by atoms with Gasteiger partial charge in [-0.15, -0.1) is 0 Å². The largest absolute Gasteiger partial charge is 0.491 e. The van der Waals surface area contributed by atoms with Crippen molar-refractivity contribution in [2.75, 3.05) is 66.7 Å². The van der Waals surface area contributed by atoms with E-state index in [9.17, 15) is 14.4 Å². The Morgan fingerprint density at radius 2 is 1.38 bits per heavy atom. The van der Waals surface area contributed by atoms with Gasteiger partial charge in [-0.1, -0.05) is 12.2 Å². The van der Waals surface area contributed by atoms with Crippen LogP contribution in [0.25, 0.3) is 44.5 Å². The first-order chi connectivity index (χ1) is 32.9. The third-order valence-electron chi connectivity index (χ3n) is 12.3. The number of benzene rings is 2. The molecule has 2 aromatic carbocycles. The fourth-order valence-corrected chi connectivity index (χ4v) is 8.88. The third kappa shape index (κ3) is 10.1. The van der Waals surface area contributed by atoms with Crippen molar-refractivity contribution in [2.45, 2.75) is 73.1 Å². The number of aromatic nitrogens is 9. The van der Waals surface area contributed by atoms with Crippen molar-refractivity contribution in [3.05, 3.63) is 88.8 Å². The predicted molar refractivity (Wildman–Crippen MR) is 259 cm³/mol. The van der Waals surface area contributed by atoms with E-state index in [1.165, 1.54) is 0 Å². The first kappa shape index (κ1) is 47.5. The van der Waals surface area contributed by atoms with Gasteiger partial charge in [0.1, 0.15) is 39.9 Å². The molecule has 6 heterocycles. The molecule has 7 aromatic rings. The number of ketones is 1. The van der Waals surface area contributed by atoms with Gasteiger partial charge in [0.05, 0.1) is 42.1 Å². The van der Waals surface area contributed by atoms with Crippen molar-refractivity contribution < 1.29 is 28.6 Å². The molecular weight excluding hydrogens is 867 g/mol. The highest BCUT2D eigenvalue weighted by Crippen LogP contribution is 2.37. The zero-order chi connectivity index (χ0) is 48.1. The molecule has 4 N–H and O–H groups in total. The number of aryl methyl sites for hydroxylation is 4. The first-order valence-electron chi connectivity index (χ1n) is 23.3. The molecule has 0 aliphatic carbocycles. The van der Waals surface area contributed by atoms with Crippen molar-refractivity contribution in [1.29, 1.82) is 0 Å². The van der Waals surface area contributed by atoms with Crippen LogP contribution in [-0.4, -0.2) is 138 Å². The number of nitrogens with zero attached hydrogens (tertiary/aromatic N) is 11. The monoisotopic (exact) mass is 927 g/mol. The fourth-order valence-electron chi connectivity index (χ4n) is 8.88. The van der Waals surface area contributed by atoms with Crippen LogP contribution in [0.5, 0.6) is 11.5 Å². The molecule has 0 atom stereocenters. The number of primary amides is 2.